The maximum atomic E-state index is 9.25. The third-order valence-electron chi connectivity index (χ3n) is 3.23. The van der Waals surface area contributed by atoms with Crippen molar-refractivity contribution in [2.24, 2.45) is 0 Å². The molecule has 0 aliphatic heterocycles. The third kappa shape index (κ3) is 4.16. The second-order valence-electron chi connectivity index (χ2n) is 5.16. The normalized spacial score (nSPS) is 11.5. The Bertz CT molecular complexity index is 341. The summed E-state index contributed by atoms with van der Waals surface area (Å²) in [5, 5.41) is 9.25. The van der Waals surface area contributed by atoms with Gasteiger partial charge in [0, 0.05) is 5.92 Å². The molecule has 1 aromatic rings. The average Bonchev–Trinajstić information content (AvgIpc) is 2.34. The molecule has 0 spiro atoms. The van der Waals surface area contributed by atoms with Crippen molar-refractivity contribution in [3.63, 3.8) is 0 Å². The molecular formula is C16H25O. The smallest absolute Gasteiger partial charge is 0.0534 e. The lowest BCUT2D eigenvalue weighted by Crippen LogP contribution is -2.03. The second-order valence-corrected chi connectivity index (χ2v) is 5.16. The molecular weight excluding hydrogens is 208 g/mol. The van der Waals surface area contributed by atoms with Gasteiger partial charge >= 0.3 is 0 Å². The van der Waals surface area contributed by atoms with Crippen LogP contribution in [0, 0.1) is 5.92 Å². The number of aryl methyl sites for hydroxylation is 1. The molecule has 1 nitrogen and oxygen atoms in total. The molecule has 0 heterocycles. The Labute approximate surface area is 106 Å². The number of aliphatic hydroxyl groups excluding tert-OH is 1. The first-order chi connectivity index (χ1) is 8.08. The van der Waals surface area contributed by atoms with Crippen LogP contribution in [0.5, 0.6) is 0 Å². The highest BCUT2D eigenvalue weighted by Crippen LogP contribution is 2.23. The van der Waals surface area contributed by atoms with E-state index in [1.165, 1.54) is 29.5 Å². The van der Waals surface area contributed by atoms with Crippen molar-refractivity contribution >= 4 is 0 Å². The number of rotatable bonds is 6. The van der Waals surface area contributed by atoms with Gasteiger partial charge in [0.15, 0.2) is 0 Å². The van der Waals surface area contributed by atoms with Gasteiger partial charge in [-0.25, -0.2) is 0 Å². The molecule has 0 aliphatic carbocycles. The van der Waals surface area contributed by atoms with E-state index in [0.717, 1.165) is 12.3 Å². The van der Waals surface area contributed by atoms with Gasteiger partial charge in [-0.1, -0.05) is 52.3 Å². The molecule has 0 fully saturated rings. The molecule has 0 unspecified atom stereocenters. The van der Waals surface area contributed by atoms with Crippen LogP contribution in [0.2, 0.25) is 0 Å². The van der Waals surface area contributed by atoms with Crippen LogP contribution in [0.1, 0.15) is 63.1 Å². The molecule has 0 aromatic heterocycles. The number of benzene rings is 1. The number of hydrogen-bond acceptors (Lipinski definition) is 1. The molecule has 1 heteroatoms. The summed E-state index contributed by atoms with van der Waals surface area (Å²) in [6.45, 7) is 8.81. The van der Waals surface area contributed by atoms with Crippen LogP contribution in [0.25, 0.3) is 0 Å². The van der Waals surface area contributed by atoms with E-state index in [2.05, 4.69) is 39.0 Å². The fourth-order valence-electron chi connectivity index (χ4n) is 1.91. The summed E-state index contributed by atoms with van der Waals surface area (Å²) >= 11 is 0. The molecule has 1 rings (SSSR count). The summed E-state index contributed by atoms with van der Waals surface area (Å²) < 4.78 is 0. The summed E-state index contributed by atoms with van der Waals surface area (Å²) in [5.41, 5.74) is 3.98. The summed E-state index contributed by atoms with van der Waals surface area (Å²) in [5.74, 6) is 1.60. The first-order valence-corrected chi connectivity index (χ1v) is 6.66. The maximum Gasteiger partial charge on any atom is 0.0534 e. The summed E-state index contributed by atoms with van der Waals surface area (Å²) in [6.07, 6.45) is 3.60. The fraction of sp³-hybridized carbons (Fsp3) is 0.562. The third-order valence-corrected chi connectivity index (χ3v) is 3.23. The number of hydrogen-bond donors (Lipinski definition) is 1. The monoisotopic (exact) mass is 233 g/mol. The molecule has 0 saturated heterocycles. The van der Waals surface area contributed by atoms with Crippen molar-refractivity contribution < 1.29 is 5.11 Å². The van der Waals surface area contributed by atoms with Gasteiger partial charge in [-0.3, -0.25) is 0 Å². The van der Waals surface area contributed by atoms with Gasteiger partial charge in [0.25, 0.3) is 0 Å². The van der Waals surface area contributed by atoms with Crippen LogP contribution in [0.15, 0.2) is 18.2 Å². The zero-order valence-electron chi connectivity index (χ0n) is 11.6. The standard InChI is InChI=1S/C16H25O/c1-5-6-7-14-8-15(12(2)3)10-16(9-14)13(4)11-17/h8-10,12,17H,5-7,11H2,1-4H3. The van der Waals surface area contributed by atoms with Crippen molar-refractivity contribution in [2.45, 2.75) is 52.9 Å². The zero-order chi connectivity index (χ0) is 12.8. The molecule has 1 N–H and O–H groups in total. The predicted molar refractivity (Wildman–Crippen MR) is 74.2 cm³/mol. The molecule has 1 radical (unpaired) electrons. The highest BCUT2D eigenvalue weighted by atomic mass is 16.3. The minimum absolute atomic E-state index is 0.148. The summed E-state index contributed by atoms with van der Waals surface area (Å²) in [6, 6.07) is 6.76. The first-order valence-electron chi connectivity index (χ1n) is 6.66. The SMILES string of the molecule is CCCCc1cc([C](C)CO)cc(C(C)C)c1. The lowest BCUT2D eigenvalue weighted by molar-refractivity contribution is 0.315. The topological polar surface area (TPSA) is 20.2 Å². The number of aliphatic hydroxyl groups is 1. The van der Waals surface area contributed by atoms with E-state index < -0.39 is 0 Å². The molecule has 0 atom stereocenters. The van der Waals surface area contributed by atoms with Gasteiger partial charge in [-0.15, -0.1) is 0 Å². The van der Waals surface area contributed by atoms with Gasteiger partial charge in [-0.05, 0) is 35.4 Å². The van der Waals surface area contributed by atoms with Crippen molar-refractivity contribution in [1.82, 2.24) is 0 Å². The average molecular weight is 233 g/mol. The zero-order valence-corrected chi connectivity index (χ0v) is 11.6. The van der Waals surface area contributed by atoms with Crippen LogP contribution < -0.4 is 0 Å². The van der Waals surface area contributed by atoms with E-state index in [1.807, 2.05) is 6.92 Å². The van der Waals surface area contributed by atoms with Crippen LogP contribution in [-0.2, 0) is 6.42 Å². The molecule has 0 bridgehead atoms. The van der Waals surface area contributed by atoms with Crippen molar-refractivity contribution in [1.29, 1.82) is 0 Å². The lowest BCUT2D eigenvalue weighted by Gasteiger charge is -2.15. The first kappa shape index (κ1) is 14.2. The van der Waals surface area contributed by atoms with Gasteiger partial charge in [0.1, 0.15) is 0 Å². The molecule has 1 aromatic carbocycles. The van der Waals surface area contributed by atoms with E-state index in [0.29, 0.717) is 5.92 Å². The van der Waals surface area contributed by atoms with E-state index in [4.69, 9.17) is 0 Å². The van der Waals surface area contributed by atoms with Crippen LogP contribution in [-0.4, -0.2) is 11.7 Å². The fourth-order valence-corrected chi connectivity index (χ4v) is 1.91. The molecule has 17 heavy (non-hydrogen) atoms. The van der Waals surface area contributed by atoms with Crippen LogP contribution in [0.3, 0.4) is 0 Å². The van der Waals surface area contributed by atoms with Gasteiger partial charge in [0.05, 0.1) is 6.61 Å². The van der Waals surface area contributed by atoms with E-state index in [9.17, 15) is 5.11 Å². The van der Waals surface area contributed by atoms with E-state index >= 15 is 0 Å². The Hall–Kier alpha value is -0.820. The van der Waals surface area contributed by atoms with Crippen molar-refractivity contribution in [3.05, 3.63) is 40.8 Å². The Balaban J connectivity index is 3.00. The quantitative estimate of drug-likeness (QED) is 0.784. The Kier molecular flexibility index (Phi) is 5.70. The van der Waals surface area contributed by atoms with Crippen molar-refractivity contribution in [2.75, 3.05) is 6.61 Å². The molecule has 0 aliphatic rings. The Morgan fingerprint density at radius 1 is 1.24 bits per heavy atom. The highest BCUT2D eigenvalue weighted by Gasteiger charge is 2.09. The summed E-state index contributed by atoms with van der Waals surface area (Å²) in [7, 11) is 0. The minimum atomic E-state index is 0.148. The largest absolute Gasteiger partial charge is 0.395 e. The van der Waals surface area contributed by atoms with Crippen LogP contribution in [0.4, 0.5) is 0 Å². The Morgan fingerprint density at radius 3 is 2.47 bits per heavy atom. The van der Waals surface area contributed by atoms with Crippen molar-refractivity contribution in [3.8, 4) is 0 Å². The number of unbranched alkanes of at least 4 members (excludes halogenated alkanes) is 1. The molecule has 95 valence electrons. The van der Waals surface area contributed by atoms with Gasteiger partial charge < -0.3 is 5.11 Å². The van der Waals surface area contributed by atoms with E-state index in [1.54, 1.807) is 0 Å². The molecule has 0 amide bonds. The predicted octanol–water partition coefficient (Wildman–Crippen LogP) is 4.09. The molecule has 0 saturated carbocycles. The minimum Gasteiger partial charge on any atom is -0.395 e. The second kappa shape index (κ2) is 6.80. The van der Waals surface area contributed by atoms with Gasteiger partial charge in [0.2, 0.25) is 0 Å². The van der Waals surface area contributed by atoms with Crippen LogP contribution >= 0.6 is 0 Å². The van der Waals surface area contributed by atoms with Gasteiger partial charge in [-0.2, -0.15) is 0 Å². The maximum absolute atomic E-state index is 9.25. The Morgan fingerprint density at radius 2 is 1.94 bits per heavy atom. The summed E-state index contributed by atoms with van der Waals surface area (Å²) in [4.78, 5) is 0. The lowest BCUT2D eigenvalue weighted by atomic mass is 9.91. The van der Waals surface area contributed by atoms with E-state index in [-0.39, 0.29) is 6.61 Å². The highest BCUT2D eigenvalue weighted by molar-refractivity contribution is 5.39.